The van der Waals surface area contributed by atoms with Crippen LogP contribution in [0.1, 0.15) is 47.8 Å². The molecular formula is C26H32N6O3. The first kappa shape index (κ1) is 23.4. The minimum atomic E-state index is -0.462. The summed E-state index contributed by atoms with van der Waals surface area (Å²) in [4.78, 5) is 41.1. The number of amides is 1. The van der Waals surface area contributed by atoms with Crippen LogP contribution in [0.25, 0.3) is 11.0 Å². The number of carbonyl (C=O) groups excluding carboxylic acids is 1. The highest BCUT2D eigenvalue weighted by Crippen LogP contribution is 2.20. The van der Waals surface area contributed by atoms with Gasteiger partial charge in [-0.3, -0.25) is 19.5 Å². The molecule has 1 amide bonds. The second-order valence-corrected chi connectivity index (χ2v) is 9.50. The summed E-state index contributed by atoms with van der Waals surface area (Å²) < 4.78 is 0. The second-order valence-electron chi connectivity index (χ2n) is 9.50. The molecule has 184 valence electrons. The van der Waals surface area contributed by atoms with Crippen molar-refractivity contribution in [3.63, 3.8) is 0 Å². The van der Waals surface area contributed by atoms with Gasteiger partial charge in [-0.25, -0.2) is 4.98 Å². The number of rotatable bonds is 6. The number of fused-ring (bicyclic) bond motifs is 1. The van der Waals surface area contributed by atoms with Crippen LogP contribution in [-0.4, -0.2) is 69.2 Å². The maximum Gasteiger partial charge on any atom is 0.270 e. The molecule has 3 N–H and O–H groups in total. The Bertz CT molecular complexity index is 1250. The topological polar surface area (TPSA) is 114 Å². The van der Waals surface area contributed by atoms with Gasteiger partial charge in [-0.1, -0.05) is 6.92 Å². The zero-order valence-corrected chi connectivity index (χ0v) is 20.0. The summed E-state index contributed by atoms with van der Waals surface area (Å²) in [6.45, 7) is 6.25. The summed E-state index contributed by atoms with van der Waals surface area (Å²) in [5.74, 6) is -0.233. The molecule has 0 unspecified atom stereocenters. The Labute approximate surface area is 204 Å². The number of pyridine rings is 3. The van der Waals surface area contributed by atoms with Gasteiger partial charge in [0, 0.05) is 44.5 Å². The van der Waals surface area contributed by atoms with Crippen molar-refractivity contribution in [2.75, 3.05) is 31.1 Å². The van der Waals surface area contributed by atoms with Gasteiger partial charge in [-0.2, -0.15) is 0 Å². The lowest BCUT2D eigenvalue weighted by Crippen LogP contribution is -2.46. The quantitative estimate of drug-likeness (QED) is 0.497. The molecule has 1 saturated carbocycles. The minimum absolute atomic E-state index is 0.0409. The Kier molecular flexibility index (Phi) is 6.79. The molecule has 2 atom stereocenters. The van der Waals surface area contributed by atoms with Gasteiger partial charge in [0.25, 0.3) is 11.5 Å². The number of aliphatic hydroxyl groups is 1. The van der Waals surface area contributed by atoms with E-state index in [9.17, 15) is 14.7 Å². The Morgan fingerprint density at radius 1 is 1.14 bits per heavy atom. The average molecular weight is 477 g/mol. The molecule has 0 spiro atoms. The molecule has 35 heavy (non-hydrogen) atoms. The standard InChI is InChI=1S/C26H32N6O3/c1-2-18-13-22-23(30-25(18)34)12-17(14-27-22)16-31-8-10-32(11-9-31)19-6-7-21(28-15-19)26(35)29-20-4-3-5-24(20)33/h6-7,12-15,20,24,33H,2-5,8-11,16H2,1H3,(H,29,35)(H,30,34)/t20-,24-/m0/s1. The van der Waals surface area contributed by atoms with Gasteiger partial charge in [0.15, 0.2) is 0 Å². The third-order valence-corrected chi connectivity index (χ3v) is 7.13. The number of aromatic amines is 1. The lowest BCUT2D eigenvalue weighted by molar-refractivity contribution is 0.0868. The Morgan fingerprint density at radius 2 is 1.97 bits per heavy atom. The predicted octanol–water partition coefficient (Wildman–Crippen LogP) is 1.85. The maximum absolute atomic E-state index is 12.5. The van der Waals surface area contributed by atoms with Crippen molar-refractivity contribution in [3.8, 4) is 0 Å². The smallest absolute Gasteiger partial charge is 0.270 e. The van der Waals surface area contributed by atoms with Crippen molar-refractivity contribution in [1.82, 2.24) is 25.2 Å². The summed E-state index contributed by atoms with van der Waals surface area (Å²) in [5, 5.41) is 12.8. The SMILES string of the molecule is CCc1cc2ncc(CN3CCN(c4ccc(C(=O)N[C@H]5CCC[C@@H]5O)nc4)CC3)cc2[nH]c1=O. The number of piperazine rings is 1. The molecule has 0 radical (unpaired) electrons. The fourth-order valence-corrected chi connectivity index (χ4v) is 5.00. The summed E-state index contributed by atoms with van der Waals surface area (Å²) in [6.07, 6.45) is 6.35. The molecule has 9 heteroatoms. The molecule has 0 aromatic carbocycles. The number of hydrogen-bond donors (Lipinski definition) is 3. The van der Waals surface area contributed by atoms with Gasteiger partial charge in [0.2, 0.25) is 0 Å². The molecule has 2 fully saturated rings. The van der Waals surface area contributed by atoms with Gasteiger partial charge >= 0.3 is 0 Å². The highest BCUT2D eigenvalue weighted by atomic mass is 16.3. The predicted molar refractivity (Wildman–Crippen MR) is 135 cm³/mol. The van der Waals surface area contributed by atoms with Gasteiger partial charge in [-0.05, 0) is 55.5 Å². The van der Waals surface area contributed by atoms with Crippen molar-refractivity contribution >= 4 is 22.6 Å². The van der Waals surface area contributed by atoms with Crippen LogP contribution in [0.15, 0.2) is 41.5 Å². The van der Waals surface area contributed by atoms with Crippen LogP contribution in [0, 0.1) is 0 Å². The number of anilines is 1. The van der Waals surface area contributed by atoms with Gasteiger partial charge in [0.05, 0.1) is 35.1 Å². The van der Waals surface area contributed by atoms with Crippen LogP contribution in [0.5, 0.6) is 0 Å². The molecule has 4 heterocycles. The van der Waals surface area contributed by atoms with Crippen LogP contribution in [0.3, 0.4) is 0 Å². The van der Waals surface area contributed by atoms with E-state index in [0.29, 0.717) is 12.1 Å². The molecule has 3 aromatic heterocycles. The van der Waals surface area contributed by atoms with Crippen LogP contribution in [0.4, 0.5) is 5.69 Å². The van der Waals surface area contributed by atoms with Gasteiger partial charge in [-0.15, -0.1) is 0 Å². The van der Waals surface area contributed by atoms with E-state index in [-0.39, 0.29) is 17.5 Å². The molecule has 1 aliphatic carbocycles. The monoisotopic (exact) mass is 476 g/mol. The number of nitrogens with one attached hydrogen (secondary N) is 2. The maximum atomic E-state index is 12.5. The Hall–Kier alpha value is -3.30. The fraction of sp³-hybridized carbons (Fsp3) is 0.462. The molecule has 0 bridgehead atoms. The highest BCUT2D eigenvalue weighted by Gasteiger charge is 2.27. The number of nitrogens with zero attached hydrogens (tertiary/aromatic N) is 4. The number of aromatic nitrogens is 3. The van der Waals surface area contributed by atoms with E-state index in [1.54, 1.807) is 12.3 Å². The van der Waals surface area contributed by atoms with Crippen molar-refractivity contribution < 1.29 is 9.90 Å². The van der Waals surface area contributed by atoms with E-state index >= 15 is 0 Å². The Morgan fingerprint density at radius 3 is 2.66 bits per heavy atom. The third-order valence-electron chi connectivity index (χ3n) is 7.13. The number of H-pyrrole nitrogens is 1. The average Bonchev–Trinajstić information content (AvgIpc) is 3.28. The first-order valence-corrected chi connectivity index (χ1v) is 12.4. The van der Waals surface area contributed by atoms with E-state index in [1.807, 2.05) is 31.3 Å². The van der Waals surface area contributed by atoms with Crippen molar-refractivity contribution in [2.24, 2.45) is 0 Å². The zero-order valence-electron chi connectivity index (χ0n) is 20.0. The molecule has 2 aliphatic rings. The lowest BCUT2D eigenvalue weighted by atomic mass is 10.1. The normalized spacial score (nSPS) is 20.9. The highest BCUT2D eigenvalue weighted by molar-refractivity contribution is 5.92. The van der Waals surface area contributed by atoms with Gasteiger partial charge < -0.3 is 20.3 Å². The van der Waals surface area contributed by atoms with Crippen molar-refractivity contribution in [1.29, 1.82) is 0 Å². The number of carbonyl (C=O) groups is 1. The van der Waals surface area contributed by atoms with E-state index in [0.717, 1.165) is 79.8 Å². The third kappa shape index (κ3) is 5.21. The van der Waals surface area contributed by atoms with E-state index < -0.39 is 6.10 Å². The molecule has 1 aliphatic heterocycles. The zero-order chi connectivity index (χ0) is 24.4. The van der Waals surface area contributed by atoms with Gasteiger partial charge in [0.1, 0.15) is 5.69 Å². The van der Waals surface area contributed by atoms with Crippen LogP contribution in [-0.2, 0) is 13.0 Å². The molecule has 9 nitrogen and oxygen atoms in total. The number of aliphatic hydroxyl groups excluding tert-OH is 1. The minimum Gasteiger partial charge on any atom is -0.391 e. The van der Waals surface area contributed by atoms with Crippen LogP contribution in [0.2, 0.25) is 0 Å². The lowest BCUT2D eigenvalue weighted by Gasteiger charge is -2.36. The number of hydrogen-bond acceptors (Lipinski definition) is 7. The van der Waals surface area contributed by atoms with E-state index in [1.165, 1.54) is 0 Å². The molecule has 1 saturated heterocycles. The Balaban J connectivity index is 1.16. The first-order valence-electron chi connectivity index (χ1n) is 12.4. The fourth-order valence-electron chi connectivity index (χ4n) is 5.00. The summed E-state index contributed by atoms with van der Waals surface area (Å²) >= 11 is 0. The number of aryl methyl sites for hydroxylation is 1. The van der Waals surface area contributed by atoms with Crippen molar-refractivity contribution in [3.05, 3.63) is 63.8 Å². The van der Waals surface area contributed by atoms with Crippen molar-refractivity contribution in [2.45, 2.75) is 51.3 Å². The summed E-state index contributed by atoms with van der Waals surface area (Å²) in [6, 6.07) is 7.41. The largest absolute Gasteiger partial charge is 0.391 e. The molecule has 3 aromatic rings. The van der Waals surface area contributed by atoms with Crippen LogP contribution >= 0.6 is 0 Å². The molecular weight excluding hydrogens is 444 g/mol. The summed E-state index contributed by atoms with van der Waals surface area (Å²) in [5.41, 5.74) is 4.76. The summed E-state index contributed by atoms with van der Waals surface area (Å²) in [7, 11) is 0. The van der Waals surface area contributed by atoms with E-state index in [2.05, 4.69) is 30.1 Å². The molecule has 5 rings (SSSR count). The second kappa shape index (κ2) is 10.1. The van der Waals surface area contributed by atoms with Crippen LogP contribution < -0.4 is 15.8 Å². The first-order chi connectivity index (χ1) is 17.0. The van der Waals surface area contributed by atoms with E-state index in [4.69, 9.17) is 0 Å².